The van der Waals surface area contributed by atoms with E-state index >= 15 is 0 Å². The van der Waals surface area contributed by atoms with Crippen LogP contribution in [0, 0.1) is 0 Å². The minimum absolute atomic E-state index is 0.0244. The molecule has 2 rings (SSSR count). The fourth-order valence-corrected chi connectivity index (χ4v) is 3.37. The molecule has 1 aromatic heterocycles. The van der Waals surface area contributed by atoms with Crippen molar-refractivity contribution in [1.82, 2.24) is 5.32 Å². The molecular weight excluding hydrogens is 318 g/mol. The lowest BCUT2D eigenvalue weighted by atomic mass is 10.0. The van der Waals surface area contributed by atoms with Crippen LogP contribution in [-0.4, -0.2) is 17.6 Å². The van der Waals surface area contributed by atoms with E-state index in [1.165, 1.54) is 0 Å². The number of aliphatic hydroxyl groups excluding tert-OH is 1. The number of carbonyl (C=O) groups excluding carboxylic acids is 1. The Hall–Kier alpha value is -1.36. The number of aliphatic hydroxyl groups is 1. The van der Waals surface area contributed by atoms with Gasteiger partial charge in [-0.25, -0.2) is 0 Å². The molecule has 0 saturated carbocycles. The van der Waals surface area contributed by atoms with Gasteiger partial charge in [-0.3, -0.25) is 4.79 Å². The maximum atomic E-state index is 12.2. The maximum absolute atomic E-state index is 12.2. The number of hydrogen-bond donors (Lipinski definition) is 2. The monoisotopic (exact) mass is 337 g/mol. The second-order valence-corrected chi connectivity index (χ2v) is 6.56. The largest absolute Gasteiger partial charge is 0.396 e. The highest BCUT2D eigenvalue weighted by Gasteiger charge is 2.14. The first-order valence-corrected chi connectivity index (χ1v) is 8.63. The van der Waals surface area contributed by atoms with Crippen LogP contribution in [0.5, 0.6) is 0 Å². The summed E-state index contributed by atoms with van der Waals surface area (Å²) in [6.45, 7) is 0.132. The molecule has 118 valence electrons. The second kappa shape index (κ2) is 8.93. The van der Waals surface area contributed by atoms with Crippen molar-refractivity contribution in [1.29, 1.82) is 0 Å². The van der Waals surface area contributed by atoms with Crippen molar-refractivity contribution >= 4 is 28.8 Å². The molecule has 0 aliphatic carbocycles. The quantitative estimate of drug-likeness (QED) is 0.766. The maximum Gasteiger partial charge on any atom is 0.220 e. The lowest BCUT2D eigenvalue weighted by Crippen LogP contribution is -2.28. The highest BCUT2D eigenvalue weighted by atomic mass is 35.5. The summed E-state index contributed by atoms with van der Waals surface area (Å²) in [5.41, 5.74) is 1.07. The molecule has 0 spiro atoms. The highest BCUT2D eigenvalue weighted by Crippen LogP contribution is 2.21. The Morgan fingerprint density at radius 3 is 2.73 bits per heavy atom. The minimum atomic E-state index is -0.0484. The summed E-state index contributed by atoms with van der Waals surface area (Å²) >= 11 is 7.46. The van der Waals surface area contributed by atoms with Crippen LogP contribution in [0.2, 0.25) is 5.02 Å². The molecule has 0 fully saturated rings. The summed E-state index contributed by atoms with van der Waals surface area (Å²) in [6, 6.07) is 11.7. The van der Waals surface area contributed by atoms with E-state index in [1.54, 1.807) is 11.3 Å². The van der Waals surface area contributed by atoms with Crippen molar-refractivity contribution in [3.63, 3.8) is 0 Å². The molecule has 5 heteroatoms. The zero-order valence-electron chi connectivity index (χ0n) is 12.3. The van der Waals surface area contributed by atoms with Gasteiger partial charge in [-0.15, -0.1) is 11.3 Å². The van der Waals surface area contributed by atoms with E-state index in [9.17, 15) is 4.79 Å². The predicted octanol–water partition coefficient (Wildman–Crippen LogP) is 3.96. The van der Waals surface area contributed by atoms with Crippen LogP contribution in [0.25, 0.3) is 0 Å². The zero-order chi connectivity index (χ0) is 15.8. The molecule has 1 heterocycles. The van der Waals surface area contributed by atoms with Gasteiger partial charge in [0, 0.05) is 23.3 Å². The molecule has 0 aliphatic rings. The van der Waals surface area contributed by atoms with Gasteiger partial charge in [0.2, 0.25) is 5.91 Å². The summed E-state index contributed by atoms with van der Waals surface area (Å²) in [4.78, 5) is 13.3. The molecule has 1 aromatic carbocycles. The summed E-state index contributed by atoms with van der Waals surface area (Å²) in [7, 11) is 0. The Balaban J connectivity index is 1.90. The third-order valence-corrected chi connectivity index (χ3v) is 4.75. The van der Waals surface area contributed by atoms with Crippen LogP contribution in [0.4, 0.5) is 0 Å². The predicted molar refractivity (Wildman–Crippen MR) is 91.3 cm³/mol. The van der Waals surface area contributed by atoms with Crippen molar-refractivity contribution in [2.45, 2.75) is 31.7 Å². The van der Waals surface area contributed by atoms with E-state index in [1.807, 2.05) is 41.8 Å². The van der Waals surface area contributed by atoms with E-state index in [2.05, 4.69) is 5.32 Å². The third-order valence-electron chi connectivity index (χ3n) is 3.41. The molecule has 0 saturated heterocycles. The van der Waals surface area contributed by atoms with Gasteiger partial charge in [0.05, 0.1) is 11.1 Å². The standard InChI is InChI=1S/C17H20ClNO2S/c18-14-11-15(22-12-14)8-9-17(21)19-16(7-4-10-20)13-5-2-1-3-6-13/h1-3,5-6,11-12,16,20H,4,7-10H2,(H,19,21). The van der Waals surface area contributed by atoms with Gasteiger partial charge in [0.15, 0.2) is 0 Å². The molecule has 1 atom stereocenters. The molecule has 2 aromatic rings. The Kier molecular flexibility index (Phi) is 6.90. The first-order valence-electron chi connectivity index (χ1n) is 7.37. The van der Waals surface area contributed by atoms with Crippen molar-refractivity contribution in [3.05, 3.63) is 57.2 Å². The number of carbonyl (C=O) groups is 1. The molecule has 0 aliphatic heterocycles. The average molecular weight is 338 g/mol. The number of halogens is 1. The Morgan fingerprint density at radius 2 is 2.09 bits per heavy atom. The molecule has 0 radical (unpaired) electrons. The Bertz CT molecular complexity index is 585. The van der Waals surface area contributed by atoms with Crippen molar-refractivity contribution in [2.75, 3.05) is 6.61 Å². The number of rotatable bonds is 8. The first-order chi connectivity index (χ1) is 10.7. The number of nitrogens with one attached hydrogen (secondary N) is 1. The zero-order valence-corrected chi connectivity index (χ0v) is 13.9. The van der Waals surface area contributed by atoms with Gasteiger partial charge in [0.1, 0.15) is 0 Å². The van der Waals surface area contributed by atoms with E-state index < -0.39 is 0 Å². The van der Waals surface area contributed by atoms with Crippen LogP contribution >= 0.6 is 22.9 Å². The normalized spacial score (nSPS) is 12.1. The molecule has 0 bridgehead atoms. The van der Waals surface area contributed by atoms with Gasteiger partial charge in [-0.1, -0.05) is 41.9 Å². The molecule has 1 unspecified atom stereocenters. The van der Waals surface area contributed by atoms with Crippen molar-refractivity contribution < 1.29 is 9.90 Å². The fraction of sp³-hybridized carbons (Fsp3) is 0.353. The summed E-state index contributed by atoms with van der Waals surface area (Å²) in [5, 5.41) is 14.7. The van der Waals surface area contributed by atoms with Crippen molar-refractivity contribution in [2.24, 2.45) is 0 Å². The first kappa shape index (κ1) is 17.0. The van der Waals surface area contributed by atoms with Crippen LogP contribution in [0.1, 0.15) is 35.7 Å². The number of hydrogen-bond acceptors (Lipinski definition) is 3. The molecule has 2 N–H and O–H groups in total. The number of amides is 1. The van der Waals surface area contributed by atoms with E-state index in [-0.39, 0.29) is 18.6 Å². The van der Waals surface area contributed by atoms with Crippen LogP contribution in [0.15, 0.2) is 41.8 Å². The van der Waals surface area contributed by atoms with Crippen LogP contribution in [-0.2, 0) is 11.2 Å². The third kappa shape index (κ3) is 5.44. The number of aryl methyl sites for hydroxylation is 1. The average Bonchev–Trinajstić information content (AvgIpc) is 2.96. The summed E-state index contributed by atoms with van der Waals surface area (Å²) < 4.78 is 0. The lowest BCUT2D eigenvalue weighted by Gasteiger charge is -2.19. The molecule has 3 nitrogen and oxygen atoms in total. The van der Waals surface area contributed by atoms with Gasteiger partial charge in [-0.2, -0.15) is 0 Å². The fourth-order valence-electron chi connectivity index (χ4n) is 2.29. The van der Waals surface area contributed by atoms with E-state index in [0.29, 0.717) is 19.3 Å². The SMILES string of the molecule is O=C(CCc1cc(Cl)cs1)NC(CCCO)c1ccccc1. The molecular formula is C17H20ClNO2S. The second-order valence-electron chi connectivity index (χ2n) is 5.13. The summed E-state index contributed by atoms with van der Waals surface area (Å²) in [6.07, 6.45) is 2.54. The topological polar surface area (TPSA) is 49.3 Å². The van der Waals surface area contributed by atoms with Gasteiger partial charge >= 0.3 is 0 Å². The molecule has 22 heavy (non-hydrogen) atoms. The molecule has 1 amide bonds. The Labute approximate surface area is 139 Å². The smallest absolute Gasteiger partial charge is 0.220 e. The lowest BCUT2D eigenvalue weighted by molar-refractivity contribution is -0.121. The minimum Gasteiger partial charge on any atom is -0.396 e. The number of thiophene rings is 1. The Morgan fingerprint density at radius 1 is 1.32 bits per heavy atom. The van der Waals surface area contributed by atoms with Gasteiger partial charge in [-0.05, 0) is 30.9 Å². The van der Waals surface area contributed by atoms with Gasteiger partial charge < -0.3 is 10.4 Å². The van der Waals surface area contributed by atoms with E-state index in [4.69, 9.17) is 16.7 Å². The van der Waals surface area contributed by atoms with Gasteiger partial charge in [0.25, 0.3) is 0 Å². The van der Waals surface area contributed by atoms with Crippen LogP contribution in [0.3, 0.4) is 0 Å². The van der Waals surface area contributed by atoms with E-state index in [0.717, 1.165) is 21.9 Å². The highest BCUT2D eigenvalue weighted by molar-refractivity contribution is 7.10. The van der Waals surface area contributed by atoms with Crippen LogP contribution < -0.4 is 5.32 Å². The number of benzene rings is 1. The van der Waals surface area contributed by atoms with Crippen molar-refractivity contribution in [3.8, 4) is 0 Å². The summed E-state index contributed by atoms with van der Waals surface area (Å²) in [5.74, 6) is 0.0244.